The van der Waals surface area contributed by atoms with Gasteiger partial charge in [0.05, 0.1) is 7.11 Å². The van der Waals surface area contributed by atoms with Crippen LogP contribution in [0.2, 0.25) is 0 Å². The summed E-state index contributed by atoms with van der Waals surface area (Å²) in [5.41, 5.74) is 6.39. The van der Waals surface area contributed by atoms with E-state index in [0.717, 1.165) is 21.1 Å². The Hall–Kier alpha value is -1.29. The maximum absolute atomic E-state index is 5.61. The van der Waals surface area contributed by atoms with Gasteiger partial charge in [-0.1, -0.05) is 15.9 Å². The number of nitrogen functional groups attached to an aromatic ring is 1. The first-order valence-electron chi connectivity index (χ1n) is 4.10. The molecule has 0 bridgehead atoms. The molecule has 0 saturated heterocycles. The summed E-state index contributed by atoms with van der Waals surface area (Å²) in [6.45, 7) is 0. The number of fused-ring (bicyclic) bond motifs is 1. The Bertz CT molecular complexity index is 485. The van der Waals surface area contributed by atoms with Crippen LogP contribution in [0.25, 0.3) is 10.9 Å². The van der Waals surface area contributed by atoms with Crippen LogP contribution in [0.3, 0.4) is 0 Å². The summed E-state index contributed by atoms with van der Waals surface area (Å²) in [5, 5.41) is 1.01. The van der Waals surface area contributed by atoms with Crippen LogP contribution in [0.4, 0.5) is 5.82 Å². The standard InChI is InChI=1S/C10H9BrN2O/c1-14-8-5-7(11)4-6-2-3-9(12)13-10(6)8/h2-5H,1H3,(H2,12,13). The van der Waals surface area contributed by atoms with Crippen LogP contribution < -0.4 is 10.5 Å². The van der Waals surface area contributed by atoms with Gasteiger partial charge in [-0.05, 0) is 24.3 Å². The molecule has 4 heteroatoms. The molecular formula is C10H9BrN2O. The van der Waals surface area contributed by atoms with Crippen molar-refractivity contribution in [2.75, 3.05) is 12.8 Å². The highest BCUT2D eigenvalue weighted by Gasteiger charge is 2.04. The molecule has 2 rings (SSSR count). The summed E-state index contributed by atoms with van der Waals surface area (Å²) in [6, 6.07) is 7.54. The molecule has 0 radical (unpaired) electrons. The Balaban J connectivity index is 2.81. The van der Waals surface area contributed by atoms with Crippen molar-refractivity contribution in [1.29, 1.82) is 0 Å². The minimum atomic E-state index is 0.498. The quantitative estimate of drug-likeness (QED) is 0.849. The maximum atomic E-state index is 5.61. The lowest BCUT2D eigenvalue weighted by Crippen LogP contribution is -1.92. The van der Waals surface area contributed by atoms with Crippen LogP contribution in [0, 0.1) is 0 Å². The summed E-state index contributed by atoms with van der Waals surface area (Å²) in [4.78, 5) is 4.22. The molecule has 1 aromatic heterocycles. The highest BCUT2D eigenvalue weighted by molar-refractivity contribution is 9.10. The average Bonchev–Trinajstić information content (AvgIpc) is 2.17. The van der Waals surface area contributed by atoms with E-state index in [4.69, 9.17) is 10.5 Å². The first-order chi connectivity index (χ1) is 6.70. The van der Waals surface area contributed by atoms with E-state index in [1.807, 2.05) is 18.2 Å². The van der Waals surface area contributed by atoms with Crippen LogP contribution in [-0.2, 0) is 0 Å². The average molecular weight is 253 g/mol. The number of nitrogens with zero attached hydrogens (tertiary/aromatic N) is 1. The van der Waals surface area contributed by atoms with E-state index >= 15 is 0 Å². The molecule has 2 N–H and O–H groups in total. The van der Waals surface area contributed by atoms with Crippen molar-refractivity contribution in [2.45, 2.75) is 0 Å². The van der Waals surface area contributed by atoms with Gasteiger partial charge in [-0.25, -0.2) is 4.98 Å². The zero-order valence-corrected chi connectivity index (χ0v) is 9.21. The number of pyridine rings is 1. The predicted molar refractivity (Wildman–Crippen MR) is 60.4 cm³/mol. The monoisotopic (exact) mass is 252 g/mol. The summed E-state index contributed by atoms with van der Waals surface area (Å²) in [5.74, 6) is 1.22. The molecule has 0 unspecified atom stereocenters. The second-order valence-corrected chi connectivity index (χ2v) is 3.83. The van der Waals surface area contributed by atoms with Gasteiger partial charge >= 0.3 is 0 Å². The van der Waals surface area contributed by atoms with Crippen LogP contribution >= 0.6 is 15.9 Å². The topological polar surface area (TPSA) is 48.1 Å². The van der Waals surface area contributed by atoms with E-state index in [1.165, 1.54) is 0 Å². The first-order valence-corrected chi connectivity index (χ1v) is 4.90. The molecule has 0 aliphatic heterocycles. The van der Waals surface area contributed by atoms with E-state index in [1.54, 1.807) is 13.2 Å². The van der Waals surface area contributed by atoms with E-state index < -0.39 is 0 Å². The van der Waals surface area contributed by atoms with Crippen molar-refractivity contribution in [2.24, 2.45) is 0 Å². The fourth-order valence-corrected chi connectivity index (χ4v) is 1.79. The minimum absolute atomic E-state index is 0.498. The molecule has 2 aromatic rings. The zero-order chi connectivity index (χ0) is 10.1. The molecule has 72 valence electrons. The molecule has 0 aliphatic rings. The number of ether oxygens (including phenoxy) is 1. The van der Waals surface area contributed by atoms with E-state index in [0.29, 0.717) is 5.82 Å². The highest BCUT2D eigenvalue weighted by Crippen LogP contribution is 2.28. The number of methoxy groups -OCH3 is 1. The van der Waals surface area contributed by atoms with Gasteiger partial charge in [-0.15, -0.1) is 0 Å². The molecule has 1 heterocycles. The minimum Gasteiger partial charge on any atom is -0.494 e. The van der Waals surface area contributed by atoms with Gasteiger partial charge < -0.3 is 10.5 Å². The van der Waals surface area contributed by atoms with E-state index in [2.05, 4.69) is 20.9 Å². The molecule has 0 fully saturated rings. The number of rotatable bonds is 1. The van der Waals surface area contributed by atoms with Gasteiger partial charge in [0.2, 0.25) is 0 Å². The summed E-state index contributed by atoms with van der Waals surface area (Å²) >= 11 is 3.40. The zero-order valence-electron chi connectivity index (χ0n) is 7.62. The van der Waals surface area contributed by atoms with Crippen molar-refractivity contribution in [3.8, 4) is 5.75 Å². The third kappa shape index (κ3) is 1.53. The fourth-order valence-electron chi connectivity index (χ4n) is 1.34. The lowest BCUT2D eigenvalue weighted by atomic mass is 10.2. The molecule has 0 amide bonds. The van der Waals surface area contributed by atoms with Gasteiger partial charge in [0.15, 0.2) is 0 Å². The Morgan fingerprint density at radius 2 is 2.14 bits per heavy atom. The van der Waals surface area contributed by atoms with Crippen molar-refractivity contribution in [3.63, 3.8) is 0 Å². The molecule has 0 saturated carbocycles. The number of benzene rings is 1. The maximum Gasteiger partial charge on any atom is 0.146 e. The molecule has 1 aromatic carbocycles. The molecule has 3 nitrogen and oxygen atoms in total. The molecule has 0 atom stereocenters. The highest BCUT2D eigenvalue weighted by atomic mass is 79.9. The Labute approximate surface area is 90.0 Å². The normalized spacial score (nSPS) is 10.4. The van der Waals surface area contributed by atoms with Crippen molar-refractivity contribution < 1.29 is 4.74 Å². The van der Waals surface area contributed by atoms with Gasteiger partial charge in [0, 0.05) is 9.86 Å². The van der Waals surface area contributed by atoms with Crippen molar-refractivity contribution in [3.05, 3.63) is 28.7 Å². The van der Waals surface area contributed by atoms with Crippen LogP contribution in [0.5, 0.6) is 5.75 Å². The largest absolute Gasteiger partial charge is 0.494 e. The lowest BCUT2D eigenvalue weighted by Gasteiger charge is -2.05. The fraction of sp³-hybridized carbons (Fsp3) is 0.100. The van der Waals surface area contributed by atoms with Gasteiger partial charge in [-0.2, -0.15) is 0 Å². The molecule has 0 aliphatic carbocycles. The first kappa shape index (κ1) is 9.27. The predicted octanol–water partition coefficient (Wildman–Crippen LogP) is 2.59. The van der Waals surface area contributed by atoms with Gasteiger partial charge in [0.25, 0.3) is 0 Å². The van der Waals surface area contributed by atoms with E-state index in [-0.39, 0.29) is 0 Å². The summed E-state index contributed by atoms with van der Waals surface area (Å²) in [6.07, 6.45) is 0. The second kappa shape index (κ2) is 3.46. The number of halogens is 1. The third-order valence-corrected chi connectivity index (χ3v) is 2.42. The van der Waals surface area contributed by atoms with Crippen molar-refractivity contribution >= 4 is 32.7 Å². The molecule has 0 spiro atoms. The van der Waals surface area contributed by atoms with Crippen molar-refractivity contribution in [1.82, 2.24) is 4.98 Å². The SMILES string of the molecule is COc1cc(Br)cc2ccc(N)nc12. The number of nitrogens with two attached hydrogens (primary N) is 1. The smallest absolute Gasteiger partial charge is 0.146 e. The Kier molecular flexibility index (Phi) is 2.29. The summed E-state index contributed by atoms with van der Waals surface area (Å²) < 4.78 is 6.18. The van der Waals surface area contributed by atoms with Crippen LogP contribution in [0.1, 0.15) is 0 Å². The number of aromatic nitrogens is 1. The van der Waals surface area contributed by atoms with Gasteiger partial charge in [-0.3, -0.25) is 0 Å². The van der Waals surface area contributed by atoms with Crippen LogP contribution in [-0.4, -0.2) is 12.1 Å². The lowest BCUT2D eigenvalue weighted by molar-refractivity contribution is 0.418. The van der Waals surface area contributed by atoms with E-state index in [9.17, 15) is 0 Å². The molecular weight excluding hydrogens is 244 g/mol. The Morgan fingerprint density at radius 1 is 1.36 bits per heavy atom. The number of hydrogen-bond acceptors (Lipinski definition) is 3. The van der Waals surface area contributed by atoms with Gasteiger partial charge in [0.1, 0.15) is 17.1 Å². The molecule has 14 heavy (non-hydrogen) atoms. The third-order valence-electron chi connectivity index (χ3n) is 1.96. The summed E-state index contributed by atoms with van der Waals surface area (Å²) in [7, 11) is 1.62. The Morgan fingerprint density at radius 3 is 2.86 bits per heavy atom. The second-order valence-electron chi connectivity index (χ2n) is 2.92. The number of hydrogen-bond donors (Lipinski definition) is 1. The van der Waals surface area contributed by atoms with Crippen LogP contribution in [0.15, 0.2) is 28.7 Å². The number of anilines is 1.